The van der Waals surface area contributed by atoms with Crippen molar-refractivity contribution in [1.29, 1.82) is 0 Å². The van der Waals surface area contributed by atoms with Gasteiger partial charge < -0.3 is 0 Å². The minimum atomic E-state index is -0.243. The zero-order valence-electron chi connectivity index (χ0n) is 13.1. The first-order valence-corrected chi connectivity index (χ1v) is 11.4. The van der Waals surface area contributed by atoms with E-state index in [1.54, 1.807) is 0 Å². The highest BCUT2D eigenvalue weighted by atomic mass is 79.9. The van der Waals surface area contributed by atoms with Crippen LogP contribution in [0.25, 0.3) is 11.1 Å². The summed E-state index contributed by atoms with van der Waals surface area (Å²) in [5.41, 5.74) is 5.09. The molecule has 3 rings (SSSR count). The predicted molar refractivity (Wildman–Crippen MR) is 116 cm³/mol. The van der Waals surface area contributed by atoms with E-state index in [9.17, 15) is 0 Å². The lowest BCUT2D eigenvalue weighted by Crippen LogP contribution is -2.05. The minimum Gasteiger partial charge on any atom is -0.0928 e. The van der Waals surface area contributed by atoms with E-state index in [4.69, 9.17) is 0 Å². The molecule has 0 bridgehead atoms. The molecule has 23 heavy (non-hydrogen) atoms. The van der Waals surface area contributed by atoms with Crippen LogP contribution in [0.5, 0.6) is 0 Å². The molecular weight excluding hydrogens is 548 g/mol. The van der Waals surface area contributed by atoms with Crippen LogP contribution in [0.3, 0.4) is 0 Å². The summed E-state index contributed by atoms with van der Waals surface area (Å²) in [6.07, 6.45) is 5.47. The first-order chi connectivity index (χ1) is 11.0. The van der Waals surface area contributed by atoms with E-state index in [2.05, 4.69) is 113 Å². The molecule has 0 atom stereocenters. The van der Waals surface area contributed by atoms with Crippen LogP contribution in [0.15, 0.2) is 46.9 Å². The molecule has 0 saturated heterocycles. The Balaban J connectivity index is 0.000000236. The molecule has 0 heterocycles. The van der Waals surface area contributed by atoms with E-state index < -0.39 is 0 Å². The third kappa shape index (κ3) is 4.71. The van der Waals surface area contributed by atoms with Crippen molar-refractivity contribution in [2.24, 2.45) is 0 Å². The fourth-order valence-electron chi connectivity index (χ4n) is 2.67. The molecule has 0 N–H and O–H groups in total. The van der Waals surface area contributed by atoms with Gasteiger partial charge in [-0.05, 0) is 40.8 Å². The van der Waals surface area contributed by atoms with E-state index in [0.29, 0.717) is 0 Å². The van der Waals surface area contributed by atoms with Crippen LogP contribution in [0.4, 0.5) is 0 Å². The molecule has 1 aliphatic carbocycles. The van der Waals surface area contributed by atoms with Crippen LogP contribution in [0.1, 0.15) is 43.7 Å². The zero-order valence-corrected chi connectivity index (χ0v) is 19.4. The van der Waals surface area contributed by atoms with Crippen LogP contribution in [0.2, 0.25) is 0 Å². The molecule has 0 aliphatic heterocycles. The predicted octanol–water partition coefficient (Wildman–Crippen LogP) is 8.38. The van der Waals surface area contributed by atoms with Gasteiger partial charge in [0.15, 0.2) is 0 Å². The largest absolute Gasteiger partial charge is 0.131 e. The molecule has 0 fully saturated rings. The van der Waals surface area contributed by atoms with Crippen molar-refractivity contribution >= 4 is 63.7 Å². The van der Waals surface area contributed by atoms with Crippen molar-refractivity contribution in [3.05, 3.63) is 58.1 Å². The van der Waals surface area contributed by atoms with Gasteiger partial charge in [0.05, 0.1) is 0 Å². The highest BCUT2D eigenvalue weighted by Gasteiger charge is 2.38. The zero-order chi connectivity index (χ0) is 16.9. The molecular formula is C19H20Br4. The lowest BCUT2D eigenvalue weighted by Gasteiger charge is -2.16. The maximum Gasteiger partial charge on any atom is 0.131 e. The fourth-order valence-corrected chi connectivity index (χ4v) is 4.81. The molecule has 0 aromatic heterocycles. The van der Waals surface area contributed by atoms with Gasteiger partial charge in [0.1, 0.15) is 3.23 Å². The van der Waals surface area contributed by atoms with E-state index in [1.807, 2.05) is 0 Å². The highest BCUT2D eigenvalue weighted by Crippen LogP contribution is 2.56. The Morgan fingerprint density at radius 3 is 2.26 bits per heavy atom. The van der Waals surface area contributed by atoms with Gasteiger partial charge in [-0.3, -0.25) is 0 Å². The Morgan fingerprint density at radius 2 is 1.57 bits per heavy atom. The quantitative estimate of drug-likeness (QED) is 0.257. The van der Waals surface area contributed by atoms with Gasteiger partial charge >= 0.3 is 0 Å². The van der Waals surface area contributed by atoms with Crippen molar-refractivity contribution in [1.82, 2.24) is 0 Å². The van der Waals surface area contributed by atoms with Gasteiger partial charge in [0.2, 0.25) is 0 Å². The van der Waals surface area contributed by atoms with Crippen LogP contribution in [-0.4, -0.2) is 5.33 Å². The molecule has 1 aliphatic rings. The van der Waals surface area contributed by atoms with E-state index in [0.717, 1.165) is 4.47 Å². The maximum atomic E-state index is 3.77. The lowest BCUT2D eigenvalue weighted by molar-refractivity contribution is 0.708. The molecule has 0 unspecified atom stereocenters. The summed E-state index contributed by atoms with van der Waals surface area (Å²) in [6, 6.07) is 14.8. The highest BCUT2D eigenvalue weighted by molar-refractivity contribution is 9.25. The monoisotopic (exact) mass is 564 g/mol. The Kier molecular flexibility index (Phi) is 7.84. The number of benzene rings is 2. The summed E-state index contributed by atoms with van der Waals surface area (Å²) in [6.45, 7) is 2.23. The summed E-state index contributed by atoms with van der Waals surface area (Å²) in [7, 11) is 0. The van der Waals surface area contributed by atoms with Gasteiger partial charge in [-0.1, -0.05) is 120 Å². The SMILES string of the molecule is Brc1ccc2c(c1)-c1ccccc1C2(Br)Br.CCCCCCBr. The summed E-state index contributed by atoms with van der Waals surface area (Å²) >= 11 is 14.4. The third-order valence-corrected chi connectivity index (χ3v) is 6.63. The number of halogens is 4. The Morgan fingerprint density at radius 1 is 0.870 bits per heavy atom. The van der Waals surface area contributed by atoms with Crippen molar-refractivity contribution in [3.63, 3.8) is 0 Å². The van der Waals surface area contributed by atoms with E-state index >= 15 is 0 Å². The molecule has 0 nitrogen and oxygen atoms in total. The summed E-state index contributed by atoms with van der Waals surface area (Å²) < 4.78 is 0.867. The van der Waals surface area contributed by atoms with Crippen molar-refractivity contribution in [2.75, 3.05) is 5.33 Å². The first kappa shape index (κ1) is 19.7. The van der Waals surface area contributed by atoms with Gasteiger partial charge in [0.25, 0.3) is 0 Å². The number of fused-ring (bicyclic) bond motifs is 3. The number of hydrogen-bond acceptors (Lipinski definition) is 0. The van der Waals surface area contributed by atoms with Crippen molar-refractivity contribution in [2.45, 2.75) is 35.8 Å². The topological polar surface area (TPSA) is 0 Å². The fraction of sp³-hybridized carbons (Fsp3) is 0.368. The minimum absolute atomic E-state index is 0.243. The Bertz CT molecular complexity index is 646. The van der Waals surface area contributed by atoms with Crippen LogP contribution >= 0.6 is 63.7 Å². The lowest BCUT2D eigenvalue weighted by atomic mass is 10.1. The molecule has 0 spiro atoms. The Hall–Kier alpha value is 0.360. The molecule has 4 heteroatoms. The average Bonchev–Trinajstić information content (AvgIpc) is 2.77. The average molecular weight is 568 g/mol. The second-order valence-electron chi connectivity index (χ2n) is 5.56. The van der Waals surface area contributed by atoms with Crippen LogP contribution in [-0.2, 0) is 3.23 Å². The van der Waals surface area contributed by atoms with E-state index in [-0.39, 0.29) is 3.23 Å². The van der Waals surface area contributed by atoms with Gasteiger partial charge in [0, 0.05) is 9.80 Å². The van der Waals surface area contributed by atoms with Crippen molar-refractivity contribution < 1.29 is 0 Å². The van der Waals surface area contributed by atoms with Gasteiger partial charge in [-0.2, -0.15) is 0 Å². The van der Waals surface area contributed by atoms with Gasteiger partial charge in [-0.25, -0.2) is 0 Å². The molecule has 2 aromatic carbocycles. The number of hydrogen-bond donors (Lipinski definition) is 0. The number of unbranched alkanes of at least 4 members (excludes halogenated alkanes) is 3. The normalized spacial score (nSPS) is 13.8. The molecule has 2 aromatic rings. The van der Waals surface area contributed by atoms with Crippen LogP contribution in [0, 0.1) is 0 Å². The molecule has 0 amide bonds. The smallest absolute Gasteiger partial charge is 0.0928 e. The standard InChI is InChI=1S/C13H7Br3.C6H13Br/c14-8-5-6-12-10(7-8)9-3-1-2-4-11(9)13(12,15)16;1-2-3-4-5-6-7/h1-7H;2-6H2,1H3. The number of alkyl halides is 3. The molecule has 0 saturated carbocycles. The second-order valence-corrected chi connectivity index (χ2v) is 10.7. The third-order valence-electron chi connectivity index (χ3n) is 3.86. The van der Waals surface area contributed by atoms with E-state index in [1.165, 1.54) is 53.3 Å². The Labute approximate surface area is 173 Å². The van der Waals surface area contributed by atoms with Crippen LogP contribution < -0.4 is 0 Å². The van der Waals surface area contributed by atoms with Gasteiger partial charge in [-0.15, -0.1) is 0 Å². The second kappa shape index (κ2) is 9.17. The molecule has 124 valence electrons. The number of rotatable bonds is 4. The maximum absolute atomic E-state index is 3.77. The molecule has 0 radical (unpaired) electrons. The summed E-state index contributed by atoms with van der Waals surface area (Å²) in [4.78, 5) is 0. The first-order valence-electron chi connectivity index (χ1n) is 7.86. The summed E-state index contributed by atoms with van der Waals surface area (Å²) in [5.74, 6) is 0. The van der Waals surface area contributed by atoms with Crippen molar-refractivity contribution in [3.8, 4) is 11.1 Å². The summed E-state index contributed by atoms with van der Waals surface area (Å²) in [5, 5.41) is 1.17.